The average Bonchev–Trinajstić information content (AvgIpc) is 3.51. The molecule has 1 fully saturated rings. The van der Waals surface area contributed by atoms with Crippen LogP contribution in [0.25, 0.3) is 0 Å². The van der Waals surface area contributed by atoms with Crippen molar-refractivity contribution in [2.75, 3.05) is 6.54 Å². The van der Waals surface area contributed by atoms with Gasteiger partial charge in [-0.15, -0.1) is 0 Å². The van der Waals surface area contributed by atoms with Crippen molar-refractivity contribution < 1.29 is 9.21 Å². The molecule has 2 aromatic heterocycles. The van der Waals surface area contributed by atoms with E-state index in [9.17, 15) is 4.79 Å². The molecule has 1 amide bonds. The van der Waals surface area contributed by atoms with Gasteiger partial charge in [0.05, 0.1) is 11.8 Å². The number of pyridine rings is 1. The van der Waals surface area contributed by atoms with Gasteiger partial charge in [-0.25, -0.2) is 4.98 Å². The molecule has 0 N–H and O–H groups in total. The molecule has 1 aliphatic rings. The van der Waals surface area contributed by atoms with E-state index in [0.29, 0.717) is 29.4 Å². The van der Waals surface area contributed by atoms with Crippen LogP contribution < -0.4 is 0 Å². The first kappa shape index (κ1) is 21.4. The number of likely N-dealkylation sites (tertiary alicyclic amines) is 1. The molecule has 166 valence electrons. The predicted molar refractivity (Wildman–Crippen MR) is 127 cm³/mol. The number of aromatic nitrogens is 2. The number of rotatable bonds is 6. The van der Waals surface area contributed by atoms with Crippen molar-refractivity contribution in [3.8, 4) is 0 Å². The van der Waals surface area contributed by atoms with E-state index in [4.69, 9.17) is 16.0 Å². The highest BCUT2D eigenvalue weighted by Gasteiger charge is 2.34. The zero-order valence-corrected chi connectivity index (χ0v) is 18.9. The average molecular weight is 458 g/mol. The molecule has 5 nitrogen and oxygen atoms in total. The third-order valence-electron chi connectivity index (χ3n) is 5.96. The minimum Gasteiger partial charge on any atom is -0.443 e. The lowest BCUT2D eigenvalue weighted by molar-refractivity contribution is 0.0714. The Bertz CT molecular complexity index is 1220. The Kier molecular flexibility index (Phi) is 6.22. The van der Waals surface area contributed by atoms with Gasteiger partial charge in [0.25, 0.3) is 5.91 Å². The molecular weight excluding hydrogens is 434 g/mol. The van der Waals surface area contributed by atoms with Crippen LogP contribution in [0.5, 0.6) is 0 Å². The molecule has 0 unspecified atom stereocenters. The van der Waals surface area contributed by atoms with Crippen molar-refractivity contribution >= 4 is 17.5 Å². The van der Waals surface area contributed by atoms with Crippen LogP contribution in [0, 0.1) is 0 Å². The molecule has 0 bridgehead atoms. The van der Waals surface area contributed by atoms with Crippen molar-refractivity contribution in [3.05, 3.63) is 118 Å². The van der Waals surface area contributed by atoms with E-state index in [0.717, 1.165) is 36.3 Å². The smallest absolute Gasteiger partial charge is 0.256 e. The van der Waals surface area contributed by atoms with E-state index < -0.39 is 0 Å². The van der Waals surface area contributed by atoms with Crippen LogP contribution >= 0.6 is 11.6 Å². The number of nitrogens with zero attached hydrogens (tertiary/aromatic N) is 3. The second-order valence-corrected chi connectivity index (χ2v) is 8.76. The normalized spacial score (nSPS) is 15.7. The van der Waals surface area contributed by atoms with Gasteiger partial charge in [-0.2, -0.15) is 0 Å². The number of carbonyl (C=O) groups excluding carboxylic acids is 1. The van der Waals surface area contributed by atoms with Crippen LogP contribution in [0.2, 0.25) is 5.02 Å². The van der Waals surface area contributed by atoms with Gasteiger partial charge in [-0.05, 0) is 48.2 Å². The van der Waals surface area contributed by atoms with Crippen molar-refractivity contribution in [3.63, 3.8) is 0 Å². The topological polar surface area (TPSA) is 59.2 Å². The molecule has 2 aromatic carbocycles. The molecular formula is C27H24ClN3O2. The Morgan fingerprint density at radius 3 is 2.48 bits per heavy atom. The lowest BCUT2D eigenvalue weighted by Crippen LogP contribution is -2.30. The van der Waals surface area contributed by atoms with Crippen LogP contribution in [0.4, 0.5) is 0 Å². The quantitative estimate of drug-likeness (QED) is 0.362. The maximum atomic E-state index is 13.2. The van der Waals surface area contributed by atoms with Crippen LogP contribution in [0.15, 0.2) is 83.5 Å². The molecule has 1 atom stereocenters. The number of amides is 1. The summed E-state index contributed by atoms with van der Waals surface area (Å²) in [6, 6.07) is 21.5. The maximum Gasteiger partial charge on any atom is 0.256 e. The number of hydrogen-bond donors (Lipinski definition) is 0. The van der Waals surface area contributed by atoms with Gasteiger partial charge < -0.3 is 9.32 Å². The summed E-state index contributed by atoms with van der Waals surface area (Å²) in [6.45, 7) is 0.685. The fourth-order valence-electron chi connectivity index (χ4n) is 4.25. The van der Waals surface area contributed by atoms with Crippen molar-refractivity contribution in [2.24, 2.45) is 0 Å². The van der Waals surface area contributed by atoms with Gasteiger partial charge in [-0.1, -0.05) is 54.1 Å². The van der Waals surface area contributed by atoms with Crippen molar-refractivity contribution in [1.29, 1.82) is 0 Å². The summed E-state index contributed by atoms with van der Waals surface area (Å²) in [5.74, 6) is 1.34. The standard InChI is InChI=1S/C27H24ClN3O2/c28-22-11-8-20(9-12-22)16-24-18-30-26(33-24)25-7-4-14-31(25)27(32)21-10-13-23(29-17-21)15-19-5-2-1-3-6-19/h1-3,5-6,8-13,17-18,25H,4,7,14-16H2/t25-/m1/s1. The van der Waals surface area contributed by atoms with E-state index >= 15 is 0 Å². The Morgan fingerprint density at radius 2 is 1.73 bits per heavy atom. The number of benzene rings is 2. The van der Waals surface area contributed by atoms with Crippen molar-refractivity contribution in [1.82, 2.24) is 14.9 Å². The summed E-state index contributed by atoms with van der Waals surface area (Å²) in [4.78, 5) is 24.1. The van der Waals surface area contributed by atoms with Gasteiger partial charge >= 0.3 is 0 Å². The monoisotopic (exact) mass is 457 g/mol. The largest absolute Gasteiger partial charge is 0.443 e. The van der Waals surface area contributed by atoms with E-state index in [1.54, 1.807) is 12.4 Å². The Hall–Kier alpha value is -3.44. The molecule has 33 heavy (non-hydrogen) atoms. The molecule has 0 spiro atoms. The zero-order chi connectivity index (χ0) is 22.6. The summed E-state index contributed by atoms with van der Waals surface area (Å²) in [7, 11) is 0. The van der Waals surface area contributed by atoms with Crippen LogP contribution in [-0.2, 0) is 12.8 Å². The first-order valence-corrected chi connectivity index (χ1v) is 11.5. The molecule has 0 saturated carbocycles. The van der Waals surface area contributed by atoms with Crippen LogP contribution in [0.3, 0.4) is 0 Å². The molecule has 5 rings (SSSR count). The van der Waals surface area contributed by atoms with E-state index in [2.05, 4.69) is 22.1 Å². The van der Waals surface area contributed by atoms with Gasteiger partial charge in [-0.3, -0.25) is 9.78 Å². The molecule has 4 aromatic rings. The molecule has 0 aliphatic carbocycles. The Labute approximate surface area is 198 Å². The van der Waals surface area contributed by atoms with Gasteiger partial charge in [0, 0.05) is 36.3 Å². The Balaban J connectivity index is 1.27. The number of hydrogen-bond acceptors (Lipinski definition) is 4. The molecule has 6 heteroatoms. The third kappa shape index (κ3) is 4.99. The minimum absolute atomic E-state index is 0.0336. The lowest BCUT2D eigenvalue weighted by Gasteiger charge is -2.22. The summed E-state index contributed by atoms with van der Waals surface area (Å²) < 4.78 is 6.05. The van der Waals surface area contributed by atoms with Crippen LogP contribution in [-0.4, -0.2) is 27.3 Å². The van der Waals surface area contributed by atoms with Crippen LogP contribution in [0.1, 0.15) is 57.7 Å². The van der Waals surface area contributed by atoms with Gasteiger partial charge in [0.1, 0.15) is 11.8 Å². The second kappa shape index (κ2) is 9.59. The maximum absolute atomic E-state index is 13.2. The lowest BCUT2D eigenvalue weighted by atomic mass is 10.1. The fourth-order valence-corrected chi connectivity index (χ4v) is 4.38. The first-order chi connectivity index (χ1) is 16.2. The summed E-state index contributed by atoms with van der Waals surface area (Å²) >= 11 is 5.97. The zero-order valence-electron chi connectivity index (χ0n) is 18.2. The fraction of sp³-hybridized carbons (Fsp3) is 0.222. The number of halogens is 1. The minimum atomic E-state index is -0.152. The Morgan fingerprint density at radius 1 is 0.939 bits per heavy atom. The highest BCUT2D eigenvalue weighted by Crippen LogP contribution is 2.33. The highest BCUT2D eigenvalue weighted by molar-refractivity contribution is 6.30. The molecule has 0 radical (unpaired) electrons. The predicted octanol–water partition coefficient (Wildman–Crippen LogP) is 5.88. The summed E-state index contributed by atoms with van der Waals surface area (Å²) in [5.41, 5.74) is 3.83. The summed E-state index contributed by atoms with van der Waals surface area (Å²) in [5, 5.41) is 0.708. The molecule has 3 heterocycles. The van der Waals surface area contributed by atoms with E-state index in [-0.39, 0.29) is 11.9 Å². The van der Waals surface area contributed by atoms with E-state index in [1.807, 2.05) is 59.5 Å². The van der Waals surface area contributed by atoms with Crippen molar-refractivity contribution in [2.45, 2.75) is 31.7 Å². The molecule has 1 aliphatic heterocycles. The summed E-state index contributed by atoms with van der Waals surface area (Å²) in [6.07, 6.45) is 6.57. The second-order valence-electron chi connectivity index (χ2n) is 8.33. The highest BCUT2D eigenvalue weighted by atomic mass is 35.5. The number of carbonyl (C=O) groups is 1. The SMILES string of the molecule is O=C(c1ccc(Cc2ccccc2)nc1)N1CCC[C@@H]1c1ncc(Cc2ccc(Cl)cc2)o1. The third-order valence-corrected chi connectivity index (χ3v) is 6.21. The van der Waals surface area contributed by atoms with E-state index in [1.165, 1.54) is 5.56 Å². The van der Waals surface area contributed by atoms with Gasteiger partial charge in [0.15, 0.2) is 0 Å². The first-order valence-electron chi connectivity index (χ1n) is 11.1. The van der Waals surface area contributed by atoms with Gasteiger partial charge in [0.2, 0.25) is 5.89 Å². The number of oxazole rings is 1. The molecule has 1 saturated heterocycles.